The van der Waals surface area contributed by atoms with Crippen LogP contribution in [-0.2, 0) is 10.3 Å². The van der Waals surface area contributed by atoms with E-state index < -0.39 is 5.54 Å². The van der Waals surface area contributed by atoms with Crippen LogP contribution in [0.3, 0.4) is 0 Å². The van der Waals surface area contributed by atoms with Gasteiger partial charge in [0.1, 0.15) is 0 Å². The summed E-state index contributed by atoms with van der Waals surface area (Å²) in [7, 11) is 0. The van der Waals surface area contributed by atoms with Crippen LogP contribution in [0.4, 0.5) is 0 Å². The van der Waals surface area contributed by atoms with E-state index in [4.69, 9.17) is 0 Å². The van der Waals surface area contributed by atoms with E-state index in [0.29, 0.717) is 19.6 Å². The molecule has 6 heteroatoms. The molecule has 0 aliphatic rings. The molecule has 0 radical (unpaired) electrons. The lowest BCUT2D eigenvalue weighted by Crippen LogP contribution is -2.15. The Bertz CT molecular complexity index is 478. The molecule has 1 aromatic rings. The predicted octanol–water partition coefficient (Wildman–Crippen LogP) is 3.41. The van der Waals surface area contributed by atoms with Crippen molar-refractivity contribution in [2.24, 2.45) is 4.99 Å². The maximum absolute atomic E-state index is 10.4. The molecule has 1 aromatic carbocycles. The van der Waals surface area contributed by atoms with Gasteiger partial charge in [-0.15, -0.1) is 50.5 Å². The average Bonchev–Trinajstić information content (AvgIpc) is 2.20. The highest BCUT2D eigenvalue weighted by Gasteiger charge is 2.24. The van der Waals surface area contributed by atoms with Gasteiger partial charge in [0.15, 0.2) is 0 Å². The van der Waals surface area contributed by atoms with Gasteiger partial charge in [-0.25, -0.2) is 4.79 Å². The highest BCUT2D eigenvalue weighted by atomic mass is 32.1. The minimum atomic E-state index is -0.699. The predicted molar refractivity (Wildman–Crippen MR) is 76.6 cm³/mol. The normalized spacial score (nSPS) is 11.1. The molecule has 0 bridgehead atoms. The van der Waals surface area contributed by atoms with E-state index in [1.165, 1.54) is 0 Å². The summed E-state index contributed by atoms with van der Waals surface area (Å²) in [5.41, 5.74) is 0.0712. The lowest BCUT2D eigenvalue weighted by atomic mass is 9.95. The van der Waals surface area contributed by atoms with Gasteiger partial charge >= 0.3 is 0 Å². The van der Waals surface area contributed by atoms with Gasteiger partial charge in [-0.1, -0.05) is 0 Å². The molecule has 0 aliphatic carbocycles. The van der Waals surface area contributed by atoms with Crippen molar-refractivity contribution in [2.45, 2.75) is 39.0 Å². The van der Waals surface area contributed by atoms with Gasteiger partial charge < -0.3 is 0 Å². The molecule has 2 nitrogen and oxygen atoms in total. The summed E-state index contributed by atoms with van der Waals surface area (Å²) < 4.78 is 0. The molecule has 0 N–H and O–H groups in total. The van der Waals surface area contributed by atoms with Crippen LogP contribution in [-0.4, -0.2) is 6.08 Å². The molecule has 0 atom stereocenters. The molecule has 0 aliphatic heterocycles. The topological polar surface area (TPSA) is 29.4 Å². The second-order valence-corrected chi connectivity index (χ2v) is 5.57. The summed E-state index contributed by atoms with van der Waals surface area (Å²) in [5.74, 6) is 0. The lowest BCUT2D eigenvalue weighted by molar-refractivity contribution is 0.513. The van der Waals surface area contributed by atoms with Crippen molar-refractivity contribution in [3.05, 3.63) is 11.6 Å². The van der Waals surface area contributed by atoms with Gasteiger partial charge in [-0.05, 0) is 25.5 Å². The second-order valence-electron chi connectivity index (χ2n) is 3.75. The Hall–Kier alpha value is -0.000000000000000333. The quantitative estimate of drug-likeness (QED) is 0.375. The molecule has 1 rings (SSSR count). The Labute approximate surface area is 117 Å². The highest BCUT2D eigenvalue weighted by Crippen LogP contribution is 2.39. The number of hydrogen-bond donors (Lipinski definition) is 4. The van der Waals surface area contributed by atoms with Crippen LogP contribution in [0.5, 0.6) is 0 Å². The smallest absolute Gasteiger partial charge is 0.211 e. The number of carbonyl (C=O) groups excluding carboxylic acids is 1. The monoisotopic (exact) mass is 289 g/mol. The number of hydrogen-bond acceptors (Lipinski definition) is 6. The average molecular weight is 289 g/mol. The second kappa shape index (κ2) is 5.10. The minimum absolute atomic E-state index is 0.628. The molecule has 0 aromatic heterocycles. The number of nitrogens with zero attached hydrogens (tertiary/aromatic N) is 1. The molecular weight excluding hydrogens is 278 g/mol. The maximum Gasteiger partial charge on any atom is 0.235 e. The van der Waals surface area contributed by atoms with Crippen molar-refractivity contribution in [1.29, 1.82) is 0 Å². The first-order valence-corrected chi connectivity index (χ1v) is 6.16. The maximum atomic E-state index is 10.4. The van der Waals surface area contributed by atoms with Gasteiger partial charge in [-0.2, -0.15) is 4.99 Å². The van der Waals surface area contributed by atoms with E-state index in [1.54, 1.807) is 26.0 Å². The summed E-state index contributed by atoms with van der Waals surface area (Å²) in [5, 5.41) is 0. The van der Waals surface area contributed by atoms with Crippen molar-refractivity contribution >= 4 is 56.6 Å². The first-order chi connectivity index (χ1) is 7.31. The van der Waals surface area contributed by atoms with Gasteiger partial charge in [-0.3, -0.25) is 0 Å². The molecule has 0 amide bonds. The first-order valence-electron chi connectivity index (χ1n) is 4.37. The van der Waals surface area contributed by atoms with Crippen LogP contribution in [0.25, 0.3) is 0 Å². The van der Waals surface area contributed by atoms with Crippen LogP contribution in [0.15, 0.2) is 30.6 Å². The van der Waals surface area contributed by atoms with Gasteiger partial charge in [0.2, 0.25) is 6.08 Å². The van der Waals surface area contributed by atoms with Crippen LogP contribution in [0.1, 0.15) is 19.4 Å². The van der Waals surface area contributed by atoms with Crippen molar-refractivity contribution in [1.82, 2.24) is 0 Å². The third kappa shape index (κ3) is 2.63. The molecule has 0 spiro atoms. The highest BCUT2D eigenvalue weighted by molar-refractivity contribution is 7.86. The van der Waals surface area contributed by atoms with Crippen LogP contribution in [0.2, 0.25) is 0 Å². The zero-order valence-electron chi connectivity index (χ0n) is 8.72. The molecule has 0 unspecified atom stereocenters. The summed E-state index contributed by atoms with van der Waals surface area (Å²) >= 11 is 17.2. The van der Waals surface area contributed by atoms with Gasteiger partial charge in [0.05, 0.1) is 5.54 Å². The fourth-order valence-corrected chi connectivity index (χ4v) is 2.56. The first kappa shape index (κ1) is 14.1. The van der Waals surface area contributed by atoms with Crippen molar-refractivity contribution in [2.75, 3.05) is 0 Å². The molecule has 0 heterocycles. The molecule has 16 heavy (non-hydrogen) atoms. The fraction of sp³-hybridized carbons (Fsp3) is 0.300. The van der Waals surface area contributed by atoms with E-state index in [0.717, 1.165) is 5.56 Å². The van der Waals surface area contributed by atoms with E-state index in [2.05, 4.69) is 55.5 Å². The third-order valence-corrected chi connectivity index (χ3v) is 4.47. The Balaban J connectivity index is 3.53. The zero-order valence-corrected chi connectivity index (χ0v) is 12.3. The van der Waals surface area contributed by atoms with Crippen molar-refractivity contribution < 1.29 is 4.79 Å². The van der Waals surface area contributed by atoms with Crippen LogP contribution in [0, 0.1) is 0 Å². The van der Waals surface area contributed by atoms with Crippen LogP contribution < -0.4 is 0 Å². The summed E-state index contributed by atoms with van der Waals surface area (Å²) in [6.07, 6.45) is 1.56. The van der Waals surface area contributed by atoms with E-state index in [9.17, 15) is 4.79 Å². The molecule has 0 saturated heterocycles. The molecular formula is C10H11NOS4. The largest absolute Gasteiger partial charge is 0.235 e. The number of isocyanates is 1. The van der Waals surface area contributed by atoms with E-state index >= 15 is 0 Å². The fourth-order valence-electron chi connectivity index (χ4n) is 1.28. The Kier molecular flexibility index (Phi) is 4.49. The van der Waals surface area contributed by atoms with E-state index in [-0.39, 0.29) is 0 Å². The van der Waals surface area contributed by atoms with Crippen molar-refractivity contribution in [3.8, 4) is 0 Å². The SMILES string of the molecule is CC(C)(N=C=O)c1cc(S)c(S)c(S)c1S. The number of aliphatic imine (C=N–C) groups is 1. The molecule has 0 saturated carbocycles. The zero-order chi connectivity index (χ0) is 12.5. The third-order valence-electron chi connectivity index (χ3n) is 2.21. The number of rotatable bonds is 2. The number of thiol groups is 4. The van der Waals surface area contributed by atoms with Gasteiger partial charge in [0.25, 0.3) is 0 Å². The molecule has 0 fully saturated rings. The minimum Gasteiger partial charge on any atom is -0.211 e. The number of benzene rings is 1. The summed E-state index contributed by atoms with van der Waals surface area (Å²) in [4.78, 5) is 16.7. The van der Waals surface area contributed by atoms with E-state index in [1.807, 2.05) is 0 Å². The lowest BCUT2D eigenvalue weighted by Gasteiger charge is -2.22. The Morgan fingerprint density at radius 3 is 2.19 bits per heavy atom. The molecule has 86 valence electrons. The van der Waals surface area contributed by atoms with Gasteiger partial charge in [0, 0.05) is 19.6 Å². The van der Waals surface area contributed by atoms with Crippen LogP contribution >= 0.6 is 50.5 Å². The van der Waals surface area contributed by atoms with Crippen molar-refractivity contribution in [3.63, 3.8) is 0 Å². The standard InChI is InChI=1S/C10H11NOS4/c1-10(2,11-4-12)5-3-6(13)8(15)9(16)7(5)14/h3,13-16H,1-2H3. The Morgan fingerprint density at radius 2 is 1.69 bits per heavy atom. The Morgan fingerprint density at radius 1 is 1.12 bits per heavy atom. The summed E-state index contributed by atoms with van der Waals surface area (Å²) in [6, 6.07) is 1.79. The summed E-state index contributed by atoms with van der Waals surface area (Å²) in [6.45, 7) is 3.59.